The Bertz CT molecular complexity index is 474. The molecule has 1 rings (SSSR count). The normalized spacial score (nSPS) is 10.1. The summed E-state index contributed by atoms with van der Waals surface area (Å²) in [4.78, 5) is 22.0. The second-order valence-electron chi connectivity index (χ2n) is 4.29. The van der Waals surface area contributed by atoms with Gasteiger partial charge in [-0.25, -0.2) is 9.59 Å². The first kappa shape index (κ1) is 16.0. The van der Waals surface area contributed by atoms with Gasteiger partial charge in [0, 0.05) is 12.2 Å². The Labute approximate surface area is 118 Å². The highest BCUT2D eigenvalue weighted by Crippen LogP contribution is 2.20. The van der Waals surface area contributed by atoms with E-state index in [1.165, 1.54) is 0 Å². The maximum Gasteiger partial charge on any atom is 0.329 e. The number of carboxylic acids is 1. The van der Waals surface area contributed by atoms with Gasteiger partial charge in [0.2, 0.25) is 0 Å². The van der Waals surface area contributed by atoms with Crippen molar-refractivity contribution in [2.24, 2.45) is 0 Å². The number of carboxylic acid groups (broad SMARTS) is 1. The number of rotatable bonds is 7. The van der Waals surface area contributed by atoms with Gasteiger partial charge in [-0.15, -0.1) is 0 Å². The van der Waals surface area contributed by atoms with Gasteiger partial charge in [0.25, 0.3) is 0 Å². The Hall–Kier alpha value is -2.08. The predicted molar refractivity (Wildman–Crippen MR) is 76.0 cm³/mol. The van der Waals surface area contributed by atoms with E-state index in [0.29, 0.717) is 0 Å². The lowest BCUT2D eigenvalue weighted by Gasteiger charge is -2.13. The van der Waals surface area contributed by atoms with Crippen LogP contribution in [-0.4, -0.2) is 36.9 Å². The fourth-order valence-corrected chi connectivity index (χ4v) is 1.76. The summed E-state index contributed by atoms with van der Waals surface area (Å²) in [7, 11) is 0. The highest BCUT2D eigenvalue weighted by atomic mass is 16.5. The maximum atomic E-state index is 11.7. The number of hydrogen-bond acceptors (Lipinski definition) is 3. The van der Waals surface area contributed by atoms with Crippen molar-refractivity contribution in [2.75, 3.05) is 25.1 Å². The molecule has 0 bridgehead atoms. The molecule has 0 atom stereocenters. The number of nitrogens with one attached hydrogen (secondary N) is 2. The molecule has 6 nitrogen and oxygen atoms in total. The monoisotopic (exact) mass is 280 g/mol. The fraction of sp³-hybridized carbons (Fsp3) is 0.429. The van der Waals surface area contributed by atoms with Gasteiger partial charge < -0.3 is 20.5 Å². The summed E-state index contributed by atoms with van der Waals surface area (Å²) in [6, 6.07) is 5.54. The molecule has 0 spiro atoms. The number of amides is 2. The standard InChI is InChI=1S/C14H20N2O4/c1-3-11-6-4-5-10(2)13(11)16-14(19)15-7-8-20-9-12(17)18/h4-6H,3,7-9H2,1-2H3,(H,17,18)(H2,15,16,19). The third-order valence-corrected chi connectivity index (χ3v) is 2.74. The predicted octanol–water partition coefficient (Wildman–Crippen LogP) is 1.78. The zero-order valence-electron chi connectivity index (χ0n) is 11.7. The van der Waals surface area contributed by atoms with E-state index in [9.17, 15) is 9.59 Å². The van der Waals surface area contributed by atoms with Crippen LogP contribution >= 0.6 is 0 Å². The van der Waals surface area contributed by atoms with Gasteiger partial charge in [-0.05, 0) is 24.5 Å². The third kappa shape index (κ3) is 5.27. The first-order chi connectivity index (χ1) is 9.54. The van der Waals surface area contributed by atoms with Crippen molar-refractivity contribution >= 4 is 17.7 Å². The summed E-state index contributed by atoms with van der Waals surface area (Å²) < 4.78 is 4.82. The molecule has 0 aromatic heterocycles. The van der Waals surface area contributed by atoms with Crippen LogP contribution in [0.25, 0.3) is 0 Å². The molecule has 1 aromatic rings. The number of carbonyl (C=O) groups excluding carboxylic acids is 1. The zero-order valence-corrected chi connectivity index (χ0v) is 11.7. The number of aliphatic carboxylic acids is 1. The van der Waals surface area contributed by atoms with E-state index in [4.69, 9.17) is 9.84 Å². The van der Waals surface area contributed by atoms with E-state index in [1.807, 2.05) is 32.0 Å². The molecule has 0 aliphatic rings. The van der Waals surface area contributed by atoms with Gasteiger partial charge in [0.05, 0.1) is 6.61 Å². The molecule has 0 aliphatic carbocycles. The number of anilines is 1. The second kappa shape index (κ2) is 8.16. The minimum absolute atomic E-state index is 0.161. The SMILES string of the molecule is CCc1cccc(C)c1NC(=O)NCCOCC(=O)O. The highest BCUT2D eigenvalue weighted by Gasteiger charge is 2.07. The van der Waals surface area contributed by atoms with Crippen LogP contribution in [0, 0.1) is 6.92 Å². The van der Waals surface area contributed by atoms with Crippen LogP contribution in [0.3, 0.4) is 0 Å². The zero-order chi connectivity index (χ0) is 15.0. The van der Waals surface area contributed by atoms with Crippen molar-refractivity contribution < 1.29 is 19.4 Å². The van der Waals surface area contributed by atoms with Crippen LogP contribution in [0.4, 0.5) is 10.5 Å². The first-order valence-corrected chi connectivity index (χ1v) is 6.47. The van der Waals surface area contributed by atoms with Gasteiger partial charge >= 0.3 is 12.0 Å². The van der Waals surface area contributed by atoms with E-state index >= 15 is 0 Å². The third-order valence-electron chi connectivity index (χ3n) is 2.74. The number of para-hydroxylation sites is 1. The molecule has 0 fully saturated rings. The number of benzene rings is 1. The molecule has 6 heteroatoms. The minimum Gasteiger partial charge on any atom is -0.480 e. The number of ether oxygens (including phenoxy) is 1. The first-order valence-electron chi connectivity index (χ1n) is 6.47. The van der Waals surface area contributed by atoms with Crippen molar-refractivity contribution in [3.8, 4) is 0 Å². The van der Waals surface area contributed by atoms with Gasteiger partial charge in [-0.1, -0.05) is 25.1 Å². The number of urea groups is 1. The molecule has 1 aromatic carbocycles. The lowest BCUT2D eigenvalue weighted by Crippen LogP contribution is -2.32. The maximum absolute atomic E-state index is 11.7. The molecule has 20 heavy (non-hydrogen) atoms. The molecule has 0 unspecified atom stereocenters. The van der Waals surface area contributed by atoms with Crippen molar-refractivity contribution in [3.05, 3.63) is 29.3 Å². The minimum atomic E-state index is -1.03. The fourth-order valence-electron chi connectivity index (χ4n) is 1.76. The molecule has 110 valence electrons. The van der Waals surface area contributed by atoms with Crippen LogP contribution in [0.5, 0.6) is 0 Å². The van der Waals surface area contributed by atoms with E-state index in [1.54, 1.807) is 0 Å². The van der Waals surface area contributed by atoms with Crippen LogP contribution in [0.15, 0.2) is 18.2 Å². The van der Waals surface area contributed by atoms with Crippen LogP contribution < -0.4 is 10.6 Å². The summed E-state index contributed by atoms with van der Waals surface area (Å²) in [5.41, 5.74) is 2.89. The van der Waals surface area contributed by atoms with Crippen molar-refractivity contribution in [1.82, 2.24) is 5.32 Å². The largest absolute Gasteiger partial charge is 0.480 e. The number of hydrogen-bond donors (Lipinski definition) is 3. The molecule has 0 saturated carbocycles. The Balaban J connectivity index is 2.41. The van der Waals surface area contributed by atoms with Gasteiger partial charge in [-0.3, -0.25) is 0 Å². The average molecular weight is 280 g/mol. The Morgan fingerprint density at radius 1 is 1.35 bits per heavy atom. The smallest absolute Gasteiger partial charge is 0.329 e. The Kier molecular flexibility index (Phi) is 6.52. The van der Waals surface area contributed by atoms with Gasteiger partial charge in [-0.2, -0.15) is 0 Å². The van der Waals surface area contributed by atoms with E-state index in [-0.39, 0.29) is 25.8 Å². The molecular weight excluding hydrogens is 260 g/mol. The Morgan fingerprint density at radius 3 is 2.75 bits per heavy atom. The average Bonchev–Trinajstić information content (AvgIpc) is 2.40. The summed E-state index contributed by atoms with van der Waals surface area (Å²) in [6.45, 7) is 4.02. The van der Waals surface area contributed by atoms with E-state index in [2.05, 4.69) is 10.6 Å². The van der Waals surface area contributed by atoms with Crippen molar-refractivity contribution in [2.45, 2.75) is 20.3 Å². The number of aryl methyl sites for hydroxylation is 2. The Morgan fingerprint density at radius 2 is 2.10 bits per heavy atom. The molecule has 0 radical (unpaired) electrons. The summed E-state index contributed by atoms with van der Waals surface area (Å²) >= 11 is 0. The second-order valence-corrected chi connectivity index (χ2v) is 4.29. The van der Waals surface area contributed by atoms with Crippen LogP contribution in [-0.2, 0) is 16.0 Å². The van der Waals surface area contributed by atoms with E-state index in [0.717, 1.165) is 23.2 Å². The number of carbonyl (C=O) groups is 2. The van der Waals surface area contributed by atoms with E-state index < -0.39 is 5.97 Å². The summed E-state index contributed by atoms with van der Waals surface area (Å²) in [5.74, 6) is -1.03. The summed E-state index contributed by atoms with van der Waals surface area (Å²) in [6.07, 6.45) is 0.832. The van der Waals surface area contributed by atoms with Crippen LogP contribution in [0.1, 0.15) is 18.1 Å². The lowest BCUT2D eigenvalue weighted by molar-refractivity contribution is -0.142. The molecule has 0 aliphatic heterocycles. The summed E-state index contributed by atoms with van der Waals surface area (Å²) in [5, 5.41) is 13.8. The molecular formula is C14H20N2O4. The van der Waals surface area contributed by atoms with Crippen LogP contribution in [0.2, 0.25) is 0 Å². The van der Waals surface area contributed by atoms with Crippen molar-refractivity contribution in [1.29, 1.82) is 0 Å². The lowest BCUT2D eigenvalue weighted by atomic mass is 10.1. The molecule has 0 saturated heterocycles. The molecule has 2 amide bonds. The quantitative estimate of drug-likeness (QED) is 0.664. The van der Waals surface area contributed by atoms with Crippen molar-refractivity contribution in [3.63, 3.8) is 0 Å². The topological polar surface area (TPSA) is 87.7 Å². The highest BCUT2D eigenvalue weighted by molar-refractivity contribution is 5.91. The molecule has 3 N–H and O–H groups in total. The molecule has 0 heterocycles. The van der Waals surface area contributed by atoms with Gasteiger partial charge in [0.1, 0.15) is 6.61 Å². The van der Waals surface area contributed by atoms with Gasteiger partial charge in [0.15, 0.2) is 0 Å².